The van der Waals surface area contributed by atoms with Crippen LogP contribution in [0.4, 0.5) is 0 Å². The van der Waals surface area contributed by atoms with E-state index in [0.717, 1.165) is 4.57 Å². The van der Waals surface area contributed by atoms with Gasteiger partial charge in [-0.3, -0.25) is 9.36 Å². The van der Waals surface area contributed by atoms with Gasteiger partial charge in [-0.25, -0.2) is 4.79 Å². The maximum absolute atomic E-state index is 11.9. The Morgan fingerprint density at radius 3 is 2.95 bits per heavy atom. The predicted octanol–water partition coefficient (Wildman–Crippen LogP) is -1.01. The predicted molar refractivity (Wildman–Crippen MR) is 68.4 cm³/mol. The first-order valence-corrected chi connectivity index (χ1v) is 5.90. The van der Waals surface area contributed by atoms with Crippen LogP contribution in [-0.4, -0.2) is 33.1 Å². The fourth-order valence-corrected chi connectivity index (χ4v) is 2.16. The first kappa shape index (κ1) is 14.1. The molecule has 0 aromatic carbocycles. The number of aromatic nitrogens is 2. The van der Waals surface area contributed by atoms with E-state index >= 15 is 0 Å². The molecule has 1 saturated heterocycles. The molecule has 10 nitrogen and oxygen atoms in total. The third kappa shape index (κ3) is 2.27. The molecule has 3 N–H and O–H groups in total. The number of aryl methyl sites for hydroxylation is 1. The van der Waals surface area contributed by atoms with Crippen molar-refractivity contribution in [2.24, 2.45) is 5.11 Å². The molecule has 0 unspecified atom stereocenters. The van der Waals surface area contributed by atoms with Crippen molar-refractivity contribution < 1.29 is 9.84 Å². The lowest BCUT2D eigenvalue weighted by Crippen LogP contribution is -2.46. The molecule has 0 bridgehead atoms. The average Bonchev–Trinajstić information content (AvgIpc) is 2.84. The third-order valence-corrected chi connectivity index (χ3v) is 3.21. The Balaban J connectivity index is 2.42. The summed E-state index contributed by atoms with van der Waals surface area (Å²) < 4.78 is 7.12. The lowest BCUT2D eigenvalue weighted by molar-refractivity contribution is -0.0275. The van der Waals surface area contributed by atoms with Crippen molar-refractivity contribution in [1.29, 1.82) is 0 Å². The Labute approximate surface area is 112 Å². The van der Waals surface area contributed by atoms with E-state index < -0.39 is 29.6 Å². The monoisotopic (exact) mass is 282 g/mol. The molecule has 2 heterocycles. The Bertz CT molecular complexity index is 673. The third-order valence-electron chi connectivity index (χ3n) is 3.21. The highest BCUT2D eigenvalue weighted by atomic mass is 16.5. The molecule has 2 rings (SSSR count). The number of nitrogen functional groups attached to an aromatic ring is 1. The molecule has 1 fully saturated rings. The zero-order chi connectivity index (χ0) is 14.9. The molecule has 10 heteroatoms. The van der Waals surface area contributed by atoms with Crippen molar-refractivity contribution in [1.82, 2.24) is 9.24 Å². The molecule has 0 spiro atoms. The van der Waals surface area contributed by atoms with E-state index in [4.69, 9.17) is 16.1 Å². The number of azide groups is 1. The summed E-state index contributed by atoms with van der Waals surface area (Å²) in [4.78, 5) is 26.1. The molecule has 0 saturated carbocycles. The largest absolute Gasteiger partial charge is 0.394 e. The van der Waals surface area contributed by atoms with E-state index in [1.807, 2.05) is 0 Å². The van der Waals surface area contributed by atoms with Gasteiger partial charge in [0.05, 0.1) is 18.8 Å². The molecule has 1 aromatic heterocycles. The van der Waals surface area contributed by atoms with Gasteiger partial charge in [0.15, 0.2) is 0 Å². The fourth-order valence-electron chi connectivity index (χ4n) is 2.16. The summed E-state index contributed by atoms with van der Waals surface area (Å²) in [5.41, 5.74) is 7.42. The Morgan fingerprint density at radius 2 is 2.35 bits per heavy atom. The quantitative estimate of drug-likeness (QED) is 0.315. The number of hydrogen-bond donors (Lipinski definition) is 2. The van der Waals surface area contributed by atoms with Gasteiger partial charge >= 0.3 is 5.69 Å². The van der Waals surface area contributed by atoms with Crippen LogP contribution >= 0.6 is 0 Å². The molecular formula is C10H14N6O4. The summed E-state index contributed by atoms with van der Waals surface area (Å²) in [7, 11) is 0. The second-order valence-corrected chi connectivity index (χ2v) is 4.50. The average molecular weight is 282 g/mol. The number of aliphatic hydroxyl groups excluding tert-OH is 1. The van der Waals surface area contributed by atoms with E-state index in [2.05, 4.69) is 10.0 Å². The van der Waals surface area contributed by atoms with Crippen molar-refractivity contribution in [3.05, 3.63) is 43.0 Å². The Hall–Kier alpha value is -2.29. The summed E-state index contributed by atoms with van der Waals surface area (Å²) in [6.07, 6.45) is 0.115. The minimum Gasteiger partial charge on any atom is -0.394 e. The molecule has 108 valence electrons. The Morgan fingerprint density at radius 1 is 1.65 bits per heavy atom. The van der Waals surface area contributed by atoms with Crippen molar-refractivity contribution in [3.8, 4) is 0 Å². The van der Waals surface area contributed by atoms with E-state index in [1.165, 1.54) is 13.1 Å². The maximum Gasteiger partial charge on any atom is 0.351 e. The molecule has 0 amide bonds. The van der Waals surface area contributed by atoms with E-state index in [9.17, 15) is 14.7 Å². The van der Waals surface area contributed by atoms with Crippen LogP contribution in [0.2, 0.25) is 0 Å². The number of aliphatic hydroxyl groups is 1. The first-order chi connectivity index (χ1) is 9.49. The Kier molecular flexibility index (Phi) is 3.79. The highest BCUT2D eigenvalue weighted by molar-refractivity contribution is 5.04. The zero-order valence-corrected chi connectivity index (χ0v) is 10.7. The van der Waals surface area contributed by atoms with Gasteiger partial charge in [-0.05, 0) is 12.5 Å². The van der Waals surface area contributed by atoms with E-state index in [0.29, 0.717) is 4.68 Å². The lowest BCUT2D eigenvalue weighted by Gasteiger charge is -2.16. The number of ether oxygens (including phenoxy) is 1. The standard InChI is InChI=1S/C10H14N6O4/c1-5-3-15(10(19)16(12)9(5)18)8-2-6(13-14-11)7(4-17)20-8/h3,6-8,17H,2,4,12H2,1H3/t6-,7+,8+/m0/s1. The molecule has 0 aliphatic carbocycles. The summed E-state index contributed by atoms with van der Waals surface area (Å²) >= 11 is 0. The van der Waals surface area contributed by atoms with Crippen molar-refractivity contribution >= 4 is 0 Å². The fraction of sp³-hybridized carbons (Fsp3) is 0.600. The normalized spacial score (nSPS) is 25.4. The van der Waals surface area contributed by atoms with Gasteiger partial charge in [0, 0.05) is 23.1 Å². The number of nitrogens with two attached hydrogens (primary N) is 1. The molecule has 1 aliphatic heterocycles. The smallest absolute Gasteiger partial charge is 0.351 e. The molecule has 1 aromatic rings. The molecule has 3 atom stereocenters. The molecule has 0 radical (unpaired) electrons. The topological polar surface area (TPSA) is 148 Å². The minimum absolute atomic E-state index is 0.215. The summed E-state index contributed by atoms with van der Waals surface area (Å²) in [5.74, 6) is 5.40. The van der Waals surface area contributed by atoms with Gasteiger partial charge < -0.3 is 15.7 Å². The van der Waals surface area contributed by atoms with E-state index in [1.54, 1.807) is 0 Å². The van der Waals surface area contributed by atoms with Crippen molar-refractivity contribution in [2.45, 2.75) is 31.7 Å². The van der Waals surface area contributed by atoms with Gasteiger partial charge in [0.25, 0.3) is 5.56 Å². The SMILES string of the molecule is Cc1cn([C@H]2C[C@H](N=[N+]=[N-])[C@@H](CO)O2)c(=O)n(N)c1=O. The highest BCUT2D eigenvalue weighted by Gasteiger charge is 2.36. The maximum atomic E-state index is 11.9. The van der Waals surface area contributed by atoms with Crippen LogP contribution in [0.5, 0.6) is 0 Å². The zero-order valence-electron chi connectivity index (χ0n) is 10.7. The number of rotatable bonds is 3. The van der Waals surface area contributed by atoms with E-state index in [-0.39, 0.29) is 18.6 Å². The second-order valence-electron chi connectivity index (χ2n) is 4.50. The van der Waals surface area contributed by atoms with Gasteiger partial charge in [0.1, 0.15) is 6.23 Å². The first-order valence-electron chi connectivity index (χ1n) is 5.90. The van der Waals surface area contributed by atoms with Crippen LogP contribution in [0, 0.1) is 6.92 Å². The second kappa shape index (κ2) is 5.37. The van der Waals surface area contributed by atoms with Crippen LogP contribution in [0.15, 0.2) is 20.9 Å². The van der Waals surface area contributed by atoms with Crippen LogP contribution < -0.4 is 17.1 Å². The molecule has 1 aliphatic rings. The number of hydrogen-bond acceptors (Lipinski definition) is 6. The molecular weight excluding hydrogens is 268 g/mol. The minimum atomic E-state index is -0.746. The highest BCUT2D eigenvalue weighted by Crippen LogP contribution is 2.29. The van der Waals surface area contributed by atoms with Crippen molar-refractivity contribution in [2.75, 3.05) is 12.4 Å². The van der Waals surface area contributed by atoms with Crippen LogP contribution in [0.3, 0.4) is 0 Å². The van der Waals surface area contributed by atoms with Crippen LogP contribution in [0.1, 0.15) is 18.2 Å². The number of nitrogens with zero attached hydrogens (tertiary/aromatic N) is 5. The van der Waals surface area contributed by atoms with Crippen LogP contribution in [0.25, 0.3) is 10.4 Å². The van der Waals surface area contributed by atoms with Gasteiger partial charge in [-0.1, -0.05) is 5.11 Å². The summed E-state index contributed by atoms with van der Waals surface area (Å²) in [6.45, 7) is 1.18. The van der Waals surface area contributed by atoms with Gasteiger partial charge in [-0.2, -0.15) is 4.68 Å². The van der Waals surface area contributed by atoms with Crippen molar-refractivity contribution in [3.63, 3.8) is 0 Å². The summed E-state index contributed by atoms with van der Waals surface area (Å²) in [6, 6.07) is -0.583. The van der Waals surface area contributed by atoms with Crippen LogP contribution in [-0.2, 0) is 4.74 Å². The summed E-state index contributed by atoms with van der Waals surface area (Å²) in [5, 5.41) is 12.7. The molecule has 20 heavy (non-hydrogen) atoms. The lowest BCUT2D eigenvalue weighted by atomic mass is 10.1. The van der Waals surface area contributed by atoms with Gasteiger partial charge in [0.2, 0.25) is 0 Å². The van der Waals surface area contributed by atoms with Gasteiger partial charge in [-0.15, -0.1) is 0 Å².